The lowest BCUT2D eigenvalue weighted by Crippen LogP contribution is -2.47. The minimum atomic E-state index is -3.67. The van der Waals surface area contributed by atoms with Gasteiger partial charge in [0, 0.05) is 12.1 Å². The summed E-state index contributed by atoms with van der Waals surface area (Å²) < 4.78 is 27.6. The molecule has 1 aliphatic rings. The average molecular weight is 328 g/mol. The minimum Gasteiger partial charge on any atom is -0.304 e. The second-order valence-electron chi connectivity index (χ2n) is 5.43. The molecule has 0 saturated carbocycles. The Labute approximate surface area is 130 Å². The molecule has 1 aromatic rings. The van der Waals surface area contributed by atoms with Crippen LogP contribution in [0.5, 0.6) is 0 Å². The van der Waals surface area contributed by atoms with E-state index >= 15 is 0 Å². The zero-order valence-electron chi connectivity index (χ0n) is 12.0. The van der Waals surface area contributed by atoms with Crippen LogP contribution >= 0.6 is 11.6 Å². The summed E-state index contributed by atoms with van der Waals surface area (Å²) in [4.78, 5) is 2.23. The molecule has 0 radical (unpaired) electrons. The fourth-order valence-electron chi connectivity index (χ4n) is 2.47. The van der Waals surface area contributed by atoms with Crippen molar-refractivity contribution >= 4 is 21.6 Å². The molecular formula is C14H18ClN3O2S. The fraction of sp³-hybridized carbons (Fsp3) is 0.500. The Hall–Kier alpha value is -1.13. The summed E-state index contributed by atoms with van der Waals surface area (Å²) in [6.45, 7) is 2.94. The molecular weight excluding hydrogens is 310 g/mol. The highest BCUT2D eigenvalue weighted by Crippen LogP contribution is 2.24. The highest BCUT2D eigenvalue weighted by Gasteiger charge is 2.28. The minimum absolute atomic E-state index is 0.0229. The van der Waals surface area contributed by atoms with Crippen molar-refractivity contribution in [3.05, 3.63) is 28.8 Å². The van der Waals surface area contributed by atoms with Crippen LogP contribution in [0.15, 0.2) is 23.1 Å². The normalized spacial score (nSPS) is 23.7. The van der Waals surface area contributed by atoms with Gasteiger partial charge < -0.3 is 4.90 Å². The molecule has 2 unspecified atom stereocenters. The first-order valence-corrected chi connectivity index (χ1v) is 8.62. The summed E-state index contributed by atoms with van der Waals surface area (Å²) in [5, 5.41) is 8.86. The Bertz CT molecular complexity index is 669. The zero-order valence-corrected chi connectivity index (χ0v) is 13.6. The first-order chi connectivity index (χ1) is 9.83. The van der Waals surface area contributed by atoms with Gasteiger partial charge in [0.15, 0.2) is 0 Å². The molecule has 21 heavy (non-hydrogen) atoms. The van der Waals surface area contributed by atoms with Gasteiger partial charge in [0.05, 0.1) is 16.7 Å². The number of nitrogens with zero attached hydrogens (tertiary/aromatic N) is 2. The number of nitriles is 1. The van der Waals surface area contributed by atoms with Crippen molar-refractivity contribution in [1.82, 2.24) is 9.62 Å². The summed E-state index contributed by atoms with van der Waals surface area (Å²) in [7, 11) is -1.63. The topological polar surface area (TPSA) is 73.2 Å². The molecule has 0 bridgehead atoms. The molecule has 1 saturated heterocycles. The van der Waals surface area contributed by atoms with E-state index in [4.69, 9.17) is 16.9 Å². The van der Waals surface area contributed by atoms with Crippen LogP contribution in [0.25, 0.3) is 0 Å². The number of piperidine rings is 1. The van der Waals surface area contributed by atoms with Crippen LogP contribution in [-0.4, -0.2) is 39.0 Å². The highest BCUT2D eigenvalue weighted by atomic mass is 35.5. The van der Waals surface area contributed by atoms with Crippen LogP contribution in [0.3, 0.4) is 0 Å². The number of halogens is 1. The maximum atomic E-state index is 12.4. The molecule has 1 N–H and O–H groups in total. The maximum absolute atomic E-state index is 12.4. The van der Waals surface area contributed by atoms with Gasteiger partial charge in [-0.2, -0.15) is 5.26 Å². The van der Waals surface area contributed by atoms with Crippen LogP contribution in [0, 0.1) is 11.3 Å². The third-order valence-electron chi connectivity index (χ3n) is 3.88. The Kier molecular flexibility index (Phi) is 4.89. The number of likely N-dealkylation sites (tertiary alicyclic amines) is 1. The lowest BCUT2D eigenvalue weighted by Gasteiger charge is -2.35. The molecule has 5 nitrogen and oxygen atoms in total. The smallest absolute Gasteiger partial charge is 0.242 e. The third-order valence-corrected chi connectivity index (χ3v) is 5.88. The van der Waals surface area contributed by atoms with E-state index < -0.39 is 10.0 Å². The molecule has 2 atom stereocenters. The fourth-order valence-corrected chi connectivity index (χ4v) is 4.30. The molecule has 2 rings (SSSR count). The Morgan fingerprint density at radius 2 is 2.19 bits per heavy atom. The van der Waals surface area contributed by atoms with Crippen molar-refractivity contribution in [2.45, 2.75) is 36.7 Å². The lowest BCUT2D eigenvalue weighted by molar-refractivity contribution is 0.178. The standard InChI is InChI=1S/C14H18ClN3O2S/c1-10-7-12(5-6-18(10)2)17-21(19,20)14-4-3-11(9-16)8-13(14)15/h3-4,8,10,12,17H,5-7H2,1-2H3. The van der Waals surface area contributed by atoms with Gasteiger partial charge in [-0.1, -0.05) is 11.6 Å². The Morgan fingerprint density at radius 3 is 2.76 bits per heavy atom. The number of rotatable bonds is 3. The van der Waals surface area contributed by atoms with Crippen molar-refractivity contribution in [2.75, 3.05) is 13.6 Å². The van der Waals surface area contributed by atoms with E-state index in [9.17, 15) is 8.42 Å². The summed E-state index contributed by atoms with van der Waals surface area (Å²) in [6.07, 6.45) is 1.54. The van der Waals surface area contributed by atoms with Crippen molar-refractivity contribution in [1.29, 1.82) is 5.26 Å². The maximum Gasteiger partial charge on any atom is 0.242 e. The van der Waals surface area contributed by atoms with Gasteiger partial charge in [0.25, 0.3) is 0 Å². The van der Waals surface area contributed by atoms with E-state index in [0.717, 1.165) is 19.4 Å². The third kappa shape index (κ3) is 3.74. The van der Waals surface area contributed by atoms with Crippen LogP contribution in [-0.2, 0) is 10.0 Å². The van der Waals surface area contributed by atoms with E-state index in [1.807, 2.05) is 13.1 Å². The first-order valence-electron chi connectivity index (χ1n) is 6.75. The predicted octanol–water partition coefficient (Wildman–Crippen LogP) is 1.97. The van der Waals surface area contributed by atoms with Crippen molar-refractivity contribution in [3.63, 3.8) is 0 Å². The number of hydrogen-bond donors (Lipinski definition) is 1. The molecule has 0 aliphatic carbocycles. The van der Waals surface area contributed by atoms with E-state index in [0.29, 0.717) is 11.6 Å². The van der Waals surface area contributed by atoms with Gasteiger partial charge in [0.2, 0.25) is 10.0 Å². The molecule has 114 valence electrons. The predicted molar refractivity (Wildman–Crippen MR) is 81.6 cm³/mol. The Balaban J connectivity index is 2.18. The monoisotopic (exact) mass is 327 g/mol. The molecule has 0 amide bonds. The largest absolute Gasteiger partial charge is 0.304 e. The van der Waals surface area contributed by atoms with E-state index in [-0.39, 0.29) is 16.0 Å². The quantitative estimate of drug-likeness (QED) is 0.921. The molecule has 1 fully saturated rings. The second kappa shape index (κ2) is 6.32. The van der Waals surface area contributed by atoms with Gasteiger partial charge >= 0.3 is 0 Å². The number of hydrogen-bond acceptors (Lipinski definition) is 4. The van der Waals surface area contributed by atoms with Crippen molar-refractivity contribution in [3.8, 4) is 6.07 Å². The summed E-state index contributed by atoms with van der Waals surface area (Å²) in [5.74, 6) is 0. The highest BCUT2D eigenvalue weighted by molar-refractivity contribution is 7.89. The summed E-state index contributed by atoms with van der Waals surface area (Å²) in [5.41, 5.74) is 0.340. The molecule has 1 heterocycles. The van der Waals surface area contributed by atoms with E-state index in [2.05, 4.69) is 16.5 Å². The summed E-state index contributed by atoms with van der Waals surface area (Å²) in [6, 6.07) is 6.38. The SMILES string of the molecule is CC1CC(NS(=O)(=O)c2ccc(C#N)cc2Cl)CCN1C. The van der Waals surface area contributed by atoms with Gasteiger partial charge in [-0.15, -0.1) is 0 Å². The first kappa shape index (κ1) is 16.2. The average Bonchev–Trinajstić information content (AvgIpc) is 2.42. The van der Waals surface area contributed by atoms with Crippen LogP contribution < -0.4 is 4.72 Å². The van der Waals surface area contributed by atoms with Crippen LogP contribution in [0.4, 0.5) is 0 Å². The molecule has 0 spiro atoms. The number of nitrogens with one attached hydrogen (secondary N) is 1. The van der Waals surface area contributed by atoms with E-state index in [1.54, 1.807) is 0 Å². The van der Waals surface area contributed by atoms with Gasteiger partial charge in [-0.05, 0) is 51.6 Å². The lowest BCUT2D eigenvalue weighted by atomic mass is 10.0. The van der Waals surface area contributed by atoms with Crippen molar-refractivity contribution in [2.24, 2.45) is 0 Å². The number of sulfonamides is 1. The second-order valence-corrected chi connectivity index (χ2v) is 7.52. The molecule has 0 aromatic heterocycles. The van der Waals surface area contributed by atoms with Gasteiger partial charge in [0.1, 0.15) is 4.90 Å². The van der Waals surface area contributed by atoms with Crippen molar-refractivity contribution < 1.29 is 8.42 Å². The zero-order chi connectivity index (χ0) is 15.6. The molecule has 7 heteroatoms. The van der Waals surface area contributed by atoms with Gasteiger partial charge in [-0.3, -0.25) is 0 Å². The van der Waals surface area contributed by atoms with E-state index in [1.165, 1.54) is 18.2 Å². The van der Waals surface area contributed by atoms with Gasteiger partial charge in [-0.25, -0.2) is 13.1 Å². The summed E-state index contributed by atoms with van der Waals surface area (Å²) >= 11 is 5.98. The molecule has 1 aromatic carbocycles. The number of benzene rings is 1. The van der Waals surface area contributed by atoms with Crippen LogP contribution in [0.2, 0.25) is 5.02 Å². The molecule has 1 aliphatic heterocycles. The van der Waals surface area contributed by atoms with Crippen LogP contribution in [0.1, 0.15) is 25.3 Å². The Morgan fingerprint density at radius 1 is 1.48 bits per heavy atom.